The molecule has 0 bridgehead atoms. The minimum absolute atomic E-state index is 0.169. The fraction of sp³-hybridized carbons (Fsp3) is 0.417. The third kappa shape index (κ3) is 3.55. The summed E-state index contributed by atoms with van der Waals surface area (Å²) >= 11 is 0. The van der Waals surface area contributed by atoms with Crippen molar-refractivity contribution >= 4 is 11.6 Å². The number of rotatable bonds is 5. The highest BCUT2D eigenvalue weighted by molar-refractivity contribution is 5.99. The third-order valence-electron chi connectivity index (χ3n) is 2.10. The van der Waals surface area contributed by atoms with Gasteiger partial charge in [0.05, 0.1) is 11.7 Å². The molecule has 88 valence electrons. The second-order valence-corrected chi connectivity index (χ2v) is 3.63. The first-order chi connectivity index (χ1) is 7.65. The van der Waals surface area contributed by atoms with Gasteiger partial charge in [-0.1, -0.05) is 12.1 Å². The van der Waals surface area contributed by atoms with Gasteiger partial charge in [-0.15, -0.1) is 0 Å². The molecule has 0 saturated carbocycles. The molecule has 0 fully saturated rings. The van der Waals surface area contributed by atoms with E-state index >= 15 is 0 Å². The van der Waals surface area contributed by atoms with Gasteiger partial charge in [0.2, 0.25) is 0 Å². The highest BCUT2D eigenvalue weighted by Crippen LogP contribution is 2.14. The number of carbonyl (C=O) groups excluding carboxylic acids is 1. The van der Waals surface area contributed by atoms with Crippen molar-refractivity contribution in [2.75, 3.05) is 18.4 Å². The van der Waals surface area contributed by atoms with E-state index in [4.69, 9.17) is 5.11 Å². The predicted octanol–water partition coefficient (Wildman–Crippen LogP) is 1.23. The van der Waals surface area contributed by atoms with Crippen LogP contribution in [0.15, 0.2) is 24.3 Å². The van der Waals surface area contributed by atoms with Crippen molar-refractivity contribution in [2.45, 2.75) is 20.0 Å². The van der Waals surface area contributed by atoms with Gasteiger partial charge >= 0.3 is 0 Å². The van der Waals surface area contributed by atoms with Gasteiger partial charge in [-0.2, -0.15) is 0 Å². The van der Waals surface area contributed by atoms with E-state index in [9.17, 15) is 4.79 Å². The predicted molar refractivity (Wildman–Crippen MR) is 64.6 cm³/mol. The summed E-state index contributed by atoms with van der Waals surface area (Å²) in [5.74, 6) is -0.169. The van der Waals surface area contributed by atoms with Crippen molar-refractivity contribution in [3.63, 3.8) is 0 Å². The summed E-state index contributed by atoms with van der Waals surface area (Å²) in [5.41, 5.74) is 1.41. The number of nitrogens with one attached hydrogen (secondary N) is 2. The normalized spacial score (nSPS) is 11.9. The summed E-state index contributed by atoms with van der Waals surface area (Å²) < 4.78 is 0. The highest BCUT2D eigenvalue weighted by Gasteiger charge is 2.10. The summed E-state index contributed by atoms with van der Waals surface area (Å²) in [6.07, 6.45) is -0.532. The zero-order valence-electron chi connectivity index (χ0n) is 9.66. The Morgan fingerprint density at radius 1 is 1.44 bits per heavy atom. The lowest BCUT2D eigenvalue weighted by atomic mass is 10.1. The monoisotopic (exact) mass is 222 g/mol. The Balaban J connectivity index is 2.73. The first-order valence-electron chi connectivity index (χ1n) is 5.44. The highest BCUT2D eigenvalue weighted by atomic mass is 16.3. The van der Waals surface area contributed by atoms with Crippen LogP contribution in [0.2, 0.25) is 0 Å². The Bertz CT molecular complexity index is 351. The van der Waals surface area contributed by atoms with E-state index in [0.717, 1.165) is 12.2 Å². The van der Waals surface area contributed by atoms with E-state index in [-0.39, 0.29) is 12.5 Å². The maximum Gasteiger partial charge on any atom is 0.253 e. The first-order valence-corrected chi connectivity index (χ1v) is 5.44. The number of aliphatic hydroxyl groups excluding tert-OH is 1. The molecule has 1 atom stereocenters. The molecule has 16 heavy (non-hydrogen) atoms. The van der Waals surface area contributed by atoms with Crippen LogP contribution in [0.5, 0.6) is 0 Å². The Morgan fingerprint density at radius 2 is 2.12 bits per heavy atom. The molecule has 0 aliphatic heterocycles. The maximum absolute atomic E-state index is 11.8. The minimum atomic E-state index is -0.532. The van der Waals surface area contributed by atoms with Crippen molar-refractivity contribution in [2.24, 2.45) is 0 Å². The SMILES string of the molecule is CCNc1ccccc1C(=O)NC[C@H](C)O. The van der Waals surface area contributed by atoms with E-state index in [2.05, 4.69) is 10.6 Å². The third-order valence-corrected chi connectivity index (χ3v) is 2.10. The Labute approximate surface area is 95.7 Å². The molecule has 0 radical (unpaired) electrons. The lowest BCUT2D eigenvalue weighted by molar-refractivity contribution is 0.0925. The van der Waals surface area contributed by atoms with Crippen LogP contribution in [0.1, 0.15) is 24.2 Å². The van der Waals surface area contributed by atoms with Crippen LogP contribution < -0.4 is 10.6 Å². The summed E-state index contributed by atoms with van der Waals surface area (Å²) in [6, 6.07) is 7.32. The number of hydrogen-bond donors (Lipinski definition) is 3. The number of para-hydroxylation sites is 1. The fourth-order valence-corrected chi connectivity index (χ4v) is 1.36. The molecule has 0 unspecified atom stereocenters. The average Bonchev–Trinajstić information content (AvgIpc) is 2.27. The van der Waals surface area contributed by atoms with Crippen molar-refractivity contribution in [3.8, 4) is 0 Å². The van der Waals surface area contributed by atoms with E-state index in [1.165, 1.54) is 0 Å². The standard InChI is InChI=1S/C12H18N2O2/c1-3-13-11-7-5-4-6-10(11)12(16)14-8-9(2)15/h4-7,9,13,15H,3,8H2,1-2H3,(H,14,16)/t9-/m0/s1. The minimum Gasteiger partial charge on any atom is -0.392 e. The number of anilines is 1. The van der Waals surface area contributed by atoms with Gasteiger partial charge in [0.25, 0.3) is 5.91 Å². The topological polar surface area (TPSA) is 61.4 Å². The van der Waals surface area contributed by atoms with Crippen LogP contribution in [0.25, 0.3) is 0 Å². The summed E-state index contributed by atoms with van der Waals surface area (Å²) in [5, 5.41) is 14.9. The van der Waals surface area contributed by atoms with Crippen LogP contribution in [0, 0.1) is 0 Å². The van der Waals surface area contributed by atoms with Crippen LogP contribution in [-0.4, -0.2) is 30.2 Å². The number of benzene rings is 1. The molecule has 0 saturated heterocycles. The van der Waals surface area contributed by atoms with Gasteiger partial charge in [0, 0.05) is 18.8 Å². The molecule has 1 aromatic rings. The zero-order valence-corrected chi connectivity index (χ0v) is 9.66. The van der Waals surface area contributed by atoms with Gasteiger partial charge in [-0.25, -0.2) is 0 Å². The molecule has 0 aromatic heterocycles. The Morgan fingerprint density at radius 3 is 2.75 bits per heavy atom. The largest absolute Gasteiger partial charge is 0.392 e. The molecule has 0 spiro atoms. The molecule has 3 N–H and O–H groups in total. The van der Waals surface area contributed by atoms with E-state index in [1.807, 2.05) is 25.1 Å². The summed E-state index contributed by atoms with van der Waals surface area (Å²) in [4.78, 5) is 11.8. The lowest BCUT2D eigenvalue weighted by Gasteiger charge is -2.11. The second kappa shape index (κ2) is 6.12. The van der Waals surface area contributed by atoms with Crippen molar-refractivity contribution in [1.82, 2.24) is 5.32 Å². The van der Waals surface area contributed by atoms with Gasteiger partial charge in [0.1, 0.15) is 0 Å². The molecule has 1 aromatic carbocycles. The quantitative estimate of drug-likeness (QED) is 0.702. The second-order valence-electron chi connectivity index (χ2n) is 3.63. The maximum atomic E-state index is 11.8. The number of hydrogen-bond acceptors (Lipinski definition) is 3. The van der Waals surface area contributed by atoms with E-state index < -0.39 is 6.10 Å². The van der Waals surface area contributed by atoms with Crippen molar-refractivity contribution in [3.05, 3.63) is 29.8 Å². The fourth-order valence-electron chi connectivity index (χ4n) is 1.36. The molecule has 0 heterocycles. The van der Waals surface area contributed by atoms with Crippen molar-refractivity contribution < 1.29 is 9.90 Å². The number of aliphatic hydroxyl groups is 1. The Kier molecular flexibility index (Phi) is 4.79. The number of amides is 1. The molecule has 0 aliphatic carbocycles. The average molecular weight is 222 g/mol. The van der Waals surface area contributed by atoms with Crippen LogP contribution in [0.3, 0.4) is 0 Å². The molecule has 4 heteroatoms. The van der Waals surface area contributed by atoms with Gasteiger partial charge in [0.15, 0.2) is 0 Å². The molecule has 4 nitrogen and oxygen atoms in total. The summed E-state index contributed by atoms with van der Waals surface area (Å²) in [7, 11) is 0. The molecule has 1 rings (SSSR count). The Hall–Kier alpha value is -1.55. The van der Waals surface area contributed by atoms with Crippen molar-refractivity contribution in [1.29, 1.82) is 0 Å². The zero-order chi connectivity index (χ0) is 12.0. The molecule has 1 amide bonds. The van der Waals surface area contributed by atoms with Crippen LogP contribution in [-0.2, 0) is 0 Å². The van der Waals surface area contributed by atoms with Gasteiger partial charge in [-0.05, 0) is 26.0 Å². The van der Waals surface area contributed by atoms with E-state index in [0.29, 0.717) is 5.56 Å². The van der Waals surface area contributed by atoms with Crippen LogP contribution >= 0.6 is 0 Å². The molecular weight excluding hydrogens is 204 g/mol. The summed E-state index contributed by atoms with van der Waals surface area (Å²) in [6.45, 7) is 4.64. The van der Waals surface area contributed by atoms with Gasteiger partial charge < -0.3 is 15.7 Å². The van der Waals surface area contributed by atoms with Crippen LogP contribution in [0.4, 0.5) is 5.69 Å². The smallest absolute Gasteiger partial charge is 0.253 e. The lowest BCUT2D eigenvalue weighted by Crippen LogP contribution is -2.31. The number of carbonyl (C=O) groups is 1. The molecule has 0 aliphatic rings. The van der Waals surface area contributed by atoms with Gasteiger partial charge in [-0.3, -0.25) is 4.79 Å². The first kappa shape index (κ1) is 12.5. The molecular formula is C12H18N2O2. The van der Waals surface area contributed by atoms with E-state index in [1.54, 1.807) is 13.0 Å².